The van der Waals surface area contributed by atoms with Gasteiger partial charge in [0.15, 0.2) is 0 Å². The summed E-state index contributed by atoms with van der Waals surface area (Å²) in [4.78, 5) is 8.08. The van der Waals surface area contributed by atoms with Crippen LogP contribution in [0.4, 0.5) is 13.2 Å². The molecule has 3 aromatic rings. The molecule has 0 saturated heterocycles. The van der Waals surface area contributed by atoms with E-state index in [1.54, 1.807) is 24.4 Å². The lowest BCUT2D eigenvalue weighted by Crippen LogP contribution is -2.04. The largest absolute Gasteiger partial charge is 0.416 e. The van der Waals surface area contributed by atoms with E-state index in [0.29, 0.717) is 5.69 Å². The van der Waals surface area contributed by atoms with Crippen molar-refractivity contribution in [3.63, 3.8) is 0 Å². The van der Waals surface area contributed by atoms with Gasteiger partial charge in [0, 0.05) is 6.20 Å². The van der Waals surface area contributed by atoms with Crippen molar-refractivity contribution in [3.05, 3.63) is 53.2 Å². The monoisotopic (exact) mass is 325 g/mol. The Hall–Kier alpha value is -2.41. The summed E-state index contributed by atoms with van der Waals surface area (Å²) in [5.74, 6) is 0.0702. The van der Waals surface area contributed by atoms with Gasteiger partial charge in [-0.15, -0.1) is 0 Å². The number of halogens is 4. The number of aromatic nitrogens is 3. The number of hydrogen-bond acceptors (Lipinski definition) is 4. The molecular weight excluding hydrogens is 319 g/mol. The average molecular weight is 326 g/mol. The lowest BCUT2D eigenvalue weighted by molar-refractivity contribution is -0.137. The van der Waals surface area contributed by atoms with Crippen LogP contribution in [0.15, 0.2) is 47.1 Å². The number of pyridine rings is 1. The molecule has 0 amide bonds. The van der Waals surface area contributed by atoms with Crippen LogP contribution < -0.4 is 0 Å². The molecule has 0 radical (unpaired) electrons. The molecule has 0 atom stereocenters. The molecule has 0 aliphatic heterocycles. The van der Waals surface area contributed by atoms with Crippen LogP contribution in [-0.2, 0) is 6.18 Å². The van der Waals surface area contributed by atoms with E-state index >= 15 is 0 Å². The van der Waals surface area contributed by atoms with Gasteiger partial charge >= 0.3 is 6.18 Å². The van der Waals surface area contributed by atoms with Crippen molar-refractivity contribution < 1.29 is 17.7 Å². The van der Waals surface area contributed by atoms with Gasteiger partial charge in [0.2, 0.25) is 5.82 Å². The van der Waals surface area contributed by atoms with Gasteiger partial charge in [-0.05, 0) is 30.3 Å². The predicted octanol–water partition coefficient (Wildman–Crippen LogP) is 4.47. The van der Waals surface area contributed by atoms with Gasteiger partial charge in [-0.3, -0.25) is 4.98 Å². The van der Waals surface area contributed by atoms with Crippen molar-refractivity contribution in [1.29, 1.82) is 0 Å². The molecule has 0 bridgehead atoms. The van der Waals surface area contributed by atoms with E-state index in [9.17, 15) is 13.2 Å². The maximum atomic E-state index is 12.8. The van der Waals surface area contributed by atoms with Crippen LogP contribution in [-0.4, -0.2) is 15.1 Å². The number of nitrogens with zero attached hydrogens (tertiary/aromatic N) is 3. The van der Waals surface area contributed by atoms with E-state index in [1.807, 2.05) is 0 Å². The topological polar surface area (TPSA) is 51.8 Å². The maximum absolute atomic E-state index is 12.8. The van der Waals surface area contributed by atoms with E-state index in [4.69, 9.17) is 16.1 Å². The highest BCUT2D eigenvalue weighted by molar-refractivity contribution is 6.33. The Bertz CT molecular complexity index is 803. The fraction of sp³-hybridized carbons (Fsp3) is 0.0714. The summed E-state index contributed by atoms with van der Waals surface area (Å²) < 4.78 is 43.3. The fourth-order valence-corrected chi connectivity index (χ4v) is 2.00. The molecule has 0 saturated carbocycles. The van der Waals surface area contributed by atoms with Crippen LogP contribution in [0.2, 0.25) is 5.02 Å². The summed E-state index contributed by atoms with van der Waals surface area (Å²) >= 11 is 5.93. The normalized spacial score (nSPS) is 11.6. The summed E-state index contributed by atoms with van der Waals surface area (Å²) in [7, 11) is 0. The Morgan fingerprint density at radius 1 is 1.09 bits per heavy atom. The van der Waals surface area contributed by atoms with E-state index in [2.05, 4.69) is 15.1 Å². The molecule has 4 nitrogen and oxygen atoms in total. The highest BCUT2D eigenvalue weighted by atomic mass is 35.5. The summed E-state index contributed by atoms with van der Waals surface area (Å²) in [6, 6.07) is 8.01. The molecule has 2 heterocycles. The number of benzene rings is 1. The van der Waals surface area contributed by atoms with E-state index in [-0.39, 0.29) is 22.3 Å². The zero-order valence-electron chi connectivity index (χ0n) is 10.8. The Morgan fingerprint density at radius 2 is 1.91 bits per heavy atom. The SMILES string of the molecule is FC(F)(F)c1ccc(Cl)c(-c2nc(-c3ccccn3)no2)c1. The molecule has 112 valence electrons. The molecule has 3 rings (SSSR count). The molecular formula is C14H7ClF3N3O. The van der Waals surface area contributed by atoms with Crippen molar-refractivity contribution >= 4 is 11.6 Å². The Balaban J connectivity index is 2.04. The zero-order chi connectivity index (χ0) is 15.7. The Labute approximate surface area is 127 Å². The second kappa shape index (κ2) is 5.42. The van der Waals surface area contributed by atoms with Crippen LogP contribution in [0.5, 0.6) is 0 Å². The van der Waals surface area contributed by atoms with Crippen LogP contribution in [0, 0.1) is 0 Å². The average Bonchev–Trinajstić information content (AvgIpc) is 2.97. The first-order valence-corrected chi connectivity index (χ1v) is 6.45. The van der Waals surface area contributed by atoms with Crippen molar-refractivity contribution in [1.82, 2.24) is 15.1 Å². The van der Waals surface area contributed by atoms with Crippen molar-refractivity contribution in [2.45, 2.75) is 6.18 Å². The minimum Gasteiger partial charge on any atom is -0.334 e. The van der Waals surface area contributed by atoms with Gasteiger partial charge in [0.25, 0.3) is 5.89 Å². The minimum atomic E-state index is -4.48. The van der Waals surface area contributed by atoms with Crippen molar-refractivity contribution in [2.24, 2.45) is 0 Å². The molecule has 0 unspecified atom stereocenters. The van der Waals surface area contributed by atoms with E-state index < -0.39 is 11.7 Å². The highest BCUT2D eigenvalue weighted by Gasteiger charge is 2.31. The first-order valence-electron chi connectivity index (χ1n) is 6.07. The van der Waals surface area contributed by atoms with E-state index in [0.717, 1.165) is 18.2 Å². The van der Waals surface area contributed by atoms with Crippen molar-refractivity contribution in [3.8, 4) is 23.0 Å². The second-order valence-corrected chi connectivity index (χ2v) is 4.74. The first kappa shape index (κ1) is 14.5. The Morgan fingerprint density at radius 3 is 2.59 bits per heavy atom. The molecule has 0 spiro atoms. The van der Waals surface area contributed by atoms with Crippen molar-refractivity contribution in [2.75, 3.05) is 0 Å². The third-order valence-electron chi connectivity index (χ3n) is 2.84. The molecule has 1 aromatic carbocycles. The number of alkyl halides is 3. The number of rotatable bonds is 2. The summed E-state index contributed by atoms with van der Waals surface area (Å²) in [6.45, 7) is 0. The molecule has 0 N–H and O–H groups in total. The molecule has 0 fully saturated rings. The van der Waals surface area contributed by atoms with Crippen LogP contribution >= 0.6 is 11.6 Å². The molecule has 22 heavy (non-hydrogen) atoms. The third kappa shape index (κ3) is 2.80. The van der Waals surface area contributed by atoms with E-state index in [1.165, 1.54) is 0 Å². The van der Waals surface area contributed by atoms with Gasteiger partial charge in [-0.1, -0.05) is 22.8 Å². The highest BCUT2D eigenvalue weighted by Crippen LogP contribution is 2.35. The lowest BCUT2D eigenvalue weighted by atomic mass is 10.1. The first-order chi connectivity index (χ1) is 10.4. The number of hydrogen-bond donors (Lipinski definition) is 0. The van der Waals surface area contributed by atoms with Crippen LogP contribution in [0.1, 0.15) is 5.56 Å². The molecule has 0 aliphatic rings. The standard InChI is InChI=1S/C14H7ClF3N3O/c15-10-5-4-8(14(16,17)18)7-9(10)13-20-12(21-22-13)11-3-1-2-6-19-11/h1-7H. The van der Waals surface area contributed by atoms with Crippen LogP contribution in [0.3, 0.4) is 0 Å². The quantitative estimate of drug-likeness (QED) is 0.697. The molecule has 8 heteroatoms. The van der Waals surface area contributed by atoms with Gasteiger partial charge in [-0.25, -0.2) is 0 Å². The summed E-state index contributed by atoms with van der Waals surface area (Å²) in [5.41, 5.74) is -0.378. The minimum absolute atomic E-state index is 0.0196. The molecule has 0 aliphatic carbocycles. The maximum Gasteiger partial charge on any atom is 0.416 e. The smallest absolute Gasteiger partial charge is 0.334 e. The van der Waals surface area contributed by atoms with Gasteiger partial charge in [-0.2, -0.15) is 18.2 Å². The predicted molar refractivity (Wildman–Crippen MR) is 73.0 cm³/mol. The van der Waals surface area contributed by atoms with Crippen LogP contribution in [0.25, 0.3) is 23.0 Å². The van der Waals surface area contributed by atoms with Gasteiger partial charge < -0.3 is 4.52 Å². The summed E-state index contributed by atoms with van der Waals surface area (Å²) in [5, 5.41) is 3.79. The zero-order valence-corrected chi connectivity index (χ0v) is 11.6. The fourth-order valence-electron chi connectivity index (χ4n) is 1.80. The third-order valence-corrected chi connectivity index (χ3v) is 3.17. The summed E-state index contributed by atoms with van der Waals surface area (Å²) in [6.07, 6.45) is -2.94. The van der Waals surface area contributed by atoms with Gasteiger partial charge in [0.1, 0.15) is 5.69 Å². The second-order valence-electron chi connectivity index (χ2n) is 4.33. The Kier molecular flexibility index (Phi) is 3.58. The van der Waals surface area contributed by atoms with Gasteiger partial charge in [0.05, 0.1) is 16.1 Å². The lowest BCUT2D eigenvalue weighted by Gasteiger charge is -2.08. The molecule has 2 aromatic heterocycles.